The Morgan fingerprint density at radius 1 is 1.26 bits per heavy atom. The van der Waals surface area contributed by atoms with Crippen LogP contribution in [0, 0.1) is 6.92 Å². The predicted molar refractivity (Wildman–Crippen MR) is 113 cm³/mol. The maximum absolute atomic E-state index is 13.1. The largest absolute Gasteiger partial charge is 0.376 e. The second-order valence-corrected chi connectivity index (χ2v) is 8.76. The fourth-order valence-corrected chi connectivity index (χ4v) is 4.88. The van der Waals surface area contributed by atoms with Gasteiger partial charge in [-0.2, -0.15) is 0 Å². The minimum Gasteiger partial charge on any atom is -0.376 e. The van der Waals surface area contributed by atoms with Crippen molar-refractivity contribution in [2.24, 2.45) is 0 Å². The fourth-order valence-electron chi connectivity index (χ4n) is 3.11. The fraction of sp³-hybridized carbons (Fsp3) is 0.333. The maximum Gasteiger partial charge on any atom is 0.239 e. The van der Waals surface area contributed by atoms with Crippen LogP contribution in [0.5, 0.6) is 0 Å². The lowest BCUT2D eigenvalue weighted by Gasteiger charge is -2.23. The molecule has 0 spiro atoms. The second-order valence-electron chi connectivity index (χ2n) is 6.71. The van der Waals surface area contributed by atoms with Crippen molar-refractivity contribution in [2.75, 3.05) is 23.8 Å². The summed E-state index contributed by atoms with van der Waals surface area (Å²) < 4.78 is 6.88. The molecule has 1 atom stereocenters. The second kappa shape index (κ2) is 8.42. The van der Waals surface area contributed by atoms with E-state index in [4.69, 9.17) is 9.72 Å². The minimum atomic E-state index is 0.0788. The maximum atomic E-state index is 13.1. The van der Waals surface area contributed by atoms with Gasteiger partial charge in [-0.3, -0.25) is 9.69 Å². The number of ether oxygens (including phenoxy) is 1. The van der Waals surface area contributed by atoms with Gasteiger partial charge in [0.05, 0.1) is 28.6 Å². The molecule has 4 rings (SSSR count). The molecule has 3 aromatic rings. The summed E-state index contributed by atoms with van der Waals surface area (Å²) in [6.45, 7) is 3.42. The first kappa shape index (κ1) is 18.5. The molecule has 0 saturated carbocycles. The topological polar surface area (TPSA) is 42.4 Å². The smallest absolute Gasteiger partial charge is 0.239 e. The number of fused-ring (bicyclic) bond motifs is 1. The van der Waals surface area contributed by atoms with Crippen LogP contribution in [0.4, 0.5) is 5.13 Å². The summed E-state index contributed by atoms with van der Waals surface area (Å²) in [5.41, 5.74) is 2.16. The molecule has 0 aliphatic carbocycles. The monoisotopic (exact) mass is 398 g/mol. The molecule has 1 fully saturated rings. The first-order chi connectivity index (χ1) is 13.2. The first-order valence-corrected chi connectivity index (χ1v) is 11.0. The number of carbonyl (C=O) groups is 1. The van der Waals surface area contributed by atoms with Gasteiger partial charge in [0.1, 0.15) is 0 Å². The zero-order valence-corrected chi connectivity index (χ0v) is 16.9. The SMILES string of the molecule is Cc1ccc(SCC(=O)N(CC2CCCO2)c2nc3ccccc3s2)cc1. The average Bonchev–Trinajstić information content (AvgIpc) is 3.34. The number of amides is 1. The average molecular weight is 399 g/mol. The van der Waals surface area contributed by atoms with Gasteiger partial charge < -0.3 is 4.74 Å². The van der Waals surface area contributed by atoms with E-state index in [1.807, 2.05) is 29.2 Å². The highest BCUT2D eigenvalue weighted by molar-refractivity contribution is 8.00. The van der Waals surface area contributed by atoms with Gasteiger partial charge in [-0.05, 0) is 44.0 Å². The molecular weight excluding hydrogens is 376 g/mol. The molecular formula is C21H22N2O2S2. The number of nitrogens with zero attached hydrogens (tertiary/aromatic N) is 2. The van der Waals surface area contributed by atoms with E-state index in [0.29, 0.717) is 12.3 Å². The van der Waals surface area contributed by atoms with Crippen molar-refractivity contribution in [2.45, 2.75) is 30.8 Å². The number of para-hydroxylation sites is 1. The molecule has 1 aromatic heterocycles. The molecule has 6 heteroatoms. The summed E-state index contributed by atoms with van der Waals surface area (Å²) in [5.74, 6) is 0.473. The van der Waals surface area contributed by atoms with Crippen molar-refractivity contribution < 1.29 is 9.53 Å². The Labute approximate surface area is 167 Å². The van der Waals surface area contributed by atoms with Gasteiger partial charge in [0.15, 0.2) is 5.13 Å². The van der Waals surface area contributed by atoms with E-state index in [-0.39, 0.29) is 12.0 Å². The number of benzene rings is 2. The molecule has 2 aromatic carbocycles. The Kier molecular flexibility index (Phi) is 5.76. The Balaban J connectivity index is 1.52. The van der Waals surface area contributed by atoms with Crippen LogP contribution in [0.25, 0.3) is 10.2 Å². The van der Waals surface area contributed by atoms with E-state index < -0.39 is 0 Å². The van der Waals surface area contributed by atoms with Crippen LogP contribution < -0.4 is 4.90 Å². The van der Waals surface area contributed by atoms with Gasteiger partial charge in [-0.1, -0.05) is 41.2 Å². The van der Waals surface area contributed by atoms with Crippen molar-refractivity contribution in [3.63, 3.8) is 0 Å². The van der Waals surface area contributed by atoms with Crippen LogP contribution in [-0.2, 0) is 9.53 Å². The number of hydrogen-bond donors (Lipinski definition) is 0. The third-order valence-corrected chi connectivity index (χ3v) is 6.66. The molecule has 0 N–H and O–H groups in total. The minimum absolute atomic E-state index is 0.0788. The molecule has 1 amide bonds. The van der Waals surface area contributed by atoms with Gasteiger partial charge in [0, 0.05) is 11.5 Å². The number of hydrogen-bond acceptors (Lipinski definition) is 5. The standard InChI is InChI=1S/C21H22N2O2S2/c1-15-8-10-17(11-9-15)26-14-20(24)23(13-16-5-4-12-25-16)21-22-18-6-2-3-7-19(18)27-21/h2-3,6-11,16H,4-5,12-14H2,1H3. The van der Waals surface area contributed by atoms with Crippen molar-refractivity contribution in [1.29, 1.82) is 0 Å². The van der Waals surface area contributed by atoms with E-state index in [9.17, 15) is 4.79 Å². The van der Waals surface area contributed by atoms with Gasteiger partial charge in [0.2, 0.25) is 5.91 Å². The van der Waals surface area contributed by atoms with E-state index in [1.54, 1.807) is 23.1 Å². The summed E-state index contributed by atoms with van der Waals surface area (Å²) >= 11 is 3.14. The Morgan fingerprint density at radius 3 is 2.81 bits per heavy atom. The summed E-state index contributed by atoms with van der Waals surface area (Å²) in [4.78, 5) is 20.7. The van der Waals surface area contributed by atoms with Gasteiger partial charge >= 0.3 is 0 Å². The third-order valence-electron chi connectivity index (χ3n) is 4.61. The summed E-state index contributed by atoms with van der Waals surface area (Å²) in [6.07, 6.45) is 2.16. The number of rotatable bonds is 6. The van der Waals surface area contributed by atoms with Crippen LogP contribution >= 0.6 is 23.1 Å². The molecule has 1 aliphatic rings. The third kappa shape index (κ3) is 4.51. The van der Waals surface area contributed by atoms with E-state index >= 15 is 0 Å². The van der Waals surface area contributed by atoms with Crippen molar-refractivity contribution in [1.82, 2.24) is 4.98 Å². The zero-order chi connectivity index (χ0) is 18.6. The molecule has 0 bridgehead atoms. The number of thioether (sulfide) groups is 1. The molecule has 140 valence electrons. The Bertz CT molecular complexity index is 884. The Hall–Kier alpha value is -1.89. The highest BCUT2D eigenvalue weighted by Gasteiger charge is 2.26. The summed E-state index contributed by atoms with van der Waals surface area (Å²) in [5, 5.41) is 0.765. The summed E-state index contributed by atoms with van der Waals surface area (Å²) in [6, 6.07) is 16.3. The number of aromatic nitrogens is 1. The lowest BCUT2D eigenvalue weighted by atomic mass is 10.2. The quantitative estimate of drug-likeness (QED) is 0.553. The number of aryl methyl sites for hydroxylation is 1. The van der Waals surface area contributed by atoms with Crippen LogP contribution in [0.2, 0.25) is 0 Å². The molecule has 2 heterocycles. The molecule has 27 heavy (non-hydrogen) atoms. The molecule has 1 aliphatic heterocycles. The van der Waals surface area contributed by atoms with Crippen LogP contribution in [-0.4, -0.2) is 35.9 Å². The lowest BCUT2D eigenvalue weighted by molar-refractivity contribution is -0.116. The van der Waals surface area contributed by atoms with Gasteiger partial charge in [-0.15, -0.1) is 11.8 Å². The number of thiazole rings is 1. The van der Waals surface area contributed by atoms with Crippen LogP contribution in [0.1, 0.15) is 18.4 Å². The highest BCUT2D eigenvalue weighted by Crippen LogP contribution is 2.30. The highest BCUT2D eigenvalue weighted by atomic mass is 32.2. The van der Waals surface area contributed by atoms with Crippen LogP contribution in [0.15, 0.2) is 53.4 Å². The normalized spacial score (nSPS) is 16.7. The molecule has 4 nitrogen and oxygen atoms in total. The molecule has 1 saturated heterocycles. The zero-order valence-electron chi connectivity index (χ0n) is 15.3. The van der Waals surface area contributed by atoms with Crippen molar-refractivity contribution >= 4 is 44.4 Å². The van der Waals surface area contributed by atoms with Crippen molar-refractivity contribution in [3.05, 3.63) is 54.1 Å². The van der Waals surface area contributed by atoms with Gasteiger partial charge in [-0.25, -0.2) is 4.98 Å². The number of anilines is 1. The van der Waals surface area contributed by atoms with E-state index in [1.165, 1.54) is 5.56 Å². The first-order valence-electron chi connectivity index (χ1n) is 9.16. The van der Waals surface area contributed by atoms with Crippen molar-refractivity contribution in [3.8, 4) is 0 Å². The lowest BCUT2D eigenvalue weighted by Crippen LogP contribution is -2.38. The van der Waals surface area contributed by atoms with E-state index in [2.05, 4.69) is 31.2 Å². The Morgan fingerprint density at radius 2 is 2.07 bits per heavy atom. The number of carbonyl (C=O) groups excluding carboxylic acids is 1. The van der Waals surface area contributed by atoms with Gasteiger partial charge in [0.25, 0.3) is 0 Å². The van der Waals surface area contributed by atoms with Crippen LogP contribution in [0.3, 0.4) is 0 Å². The molecule has 0 radical (unpaired) electrons. The predicted octanol–water partition coefficient (Wildman–Crippen LogP) is 4.91. The summed E-state index contributed by atoms with van der Waals surface area (Å²) in [7, 11) is 0. The molecule has 1 unspecified atom stereocenters. The van der Waals surface area contributed by atoms with E-state index in [0.717, 1.165) is 39.7 Å².